The summed E-state index contributed by atoms with van der Waals surface area (Å²) in [6.45, 7) is 6.35. The Labute approximate surface area is 80.3 Å². The molecule has 0 rings (SSSR count). The van der Waals surface area contributed by atoms with Crippen LogP contribution in [0.1, 0.15) is 40.0 Å². The monoisotopic (exact) mass is 187 g/mol. The van der Waals surface area contributed by atoms with Crippen LogP contribution in [0.4, 0.5) is 0 Å². The molecule has 0 aliphatic rings. The fourth-order valence-corrected chi connectivity index (χ4v) is 1.21. The molecule has 0 aromatic carbocycles. The second-order valence-electron chi connectivity index (χ2n) is 4.21. The quantitative estimate of drug-likeness (QED) is 0.667. The highest BCUT2D eigenvalue weighted by Crippen LogP contribution is 2.15. The first kappa shape index (κ1) is 12.4. The number of carboxylic acid groups (broad SMARTS) is 1. The summed E-state index contributed by atoms with van der Waals surface area (Å²) in [5.74, 6) is 0.168. The molecule has 13 heavy (non-hydrogen) atoms. The minimum atomic E-state index is -0.802. The Morgan fingerprint density at radius 1 is 1.31 bits per heavy atom. The van der Waals surface area contributed by atoms with Gasteiger partial charge in [0, 0.05) is 6.04 Å². The van der Waals surface area contributed by atoms with E-state index in [4.69, 9.17) is 10.8 Å². The molecule has 2 atom stereocenters. The summed E-state index contributed by atoms with van der Waals surface area (Å²) in [4.78, 5) is 10.4. The topological polar surface area (TPSA) is 63.3 Å². The SMILES string of the molecule is CC(C)CC[C@H](C)[C@H](N)CC(=O)O. The Morgan fingerprint density at radius 2 is 1.85 bits per heavy atom. The van der Waals surface area contributed by atoms with E-state index in [0.29, 0.717) is 11.8 Å². The molecule has 0 unspecified atom stereocenters. The van der Waals surface area contributed by atoms with Gasteiger partial charge in [-0.2, -0.15) is 0 Å². The molecule has 0 bridgehead atoms. The standard InChI is InChI=1S/C10H21NO2/c1-7(2)4-5-8(3)9(11)6-10(12)13/h7-9H,4-6,11H2,1-3H3,(H,12,13)/t8-,9+/m0/s1. The highest BCUT2D eigenvalue weighted by molar-refractivity contribution is 5.67. The number of hydrogen-bond acceptors (Lipinski definition) is 2. The molecule has 3 heteroatoms. The third-order valence-corrected chi connectivity index (χ3v) is 2.34. The molecule has 78 valence electrons. The highest BCUT2D eigenvalue weighted by Gasteiger charge is 2.15. The number of nitrogens with two attached hydrogens (primary N) is 1. The zero-order valence-electron chi connectivity index (χ0n) is 8.79. The Balaban J connectivity index is 3.68. The van der Waals surface area contributed by atoms with E-state index in [1.807, 2.05) is 6.92 Å². The van der Waals surface area contributed by atoms with E-state index in [2.05, 4.69) is 13.8 Å². The second-order valence-corrected chi connectivity index (χ2v) is 4.21. The molecule has 0 aliphatic heterocycles. The smallest absolute Gasteiger partial charge is 0.304 e. The van der Waals surface area contributed by atoms with Crippen LogP contribution < -0.4 is 5.73 Å². The van der Waals surface area contributed by atoms with E-state index in [1.165, 1.54) is 0 Å². The number of hydrogen-bond donors (Lipinski definition) is 2. The maximum absolute atomic E-state index is 10.4. The zero-order valence-corrected chi connectivity index (χ0v) is 8.79. The summed E-state index contributed by atoms with van der Waals surface area (Å²) < 4.78 is 0. The first-order chi connectivity index (χ1) is 5.93. The minimum absolute atomic E-state index is 0.0826. The van der Waals surface area contributed by atoms with E-state index in [1.54, 1.807) is 0 Å². The van der Waals surface area contributed by atoms with Crippen LogP contribution >= 0.6 is 0 Å². The van der Waals surface area contributed by atoms with Gasteiger partial charge in [-0.05, 0) is 18.3 Å². The molecule has 0 radical (unpaired) electrons. The van der Waals surface area contributed by atoms with Gasteiger partial charge in [-0.15, -0.1) is 0 Å². The lowest BCUT2D eigenvalue weighted by molar-refractivity contribution is -0.137. The second kappa shape index (κ2) is 5.97. The van der Waals surface area contributed by atoms with Crippen molar-refractivity contribution < 1.29 is 9.90 Å². The lowest BCUT2D eigenvalue weighted by atomic mass is 9.92. The van der Waals surface area contributed by atoms with Crippen molar-refractivity contribution in [3.63, 3.8) is 0 Å². The maximum atomic E-state index is 10.4. The van der Waals surface area contributed by atoms with Gasteiger partial charge in [0.15, 0.2) is 0 Å². The molecular formula is C10H21NO2. The molecule has 0 spiro atoms. The van der Waals surface area contributed by atoms with Gasteiger partial charge in [-0.25, -0.2) is 0 Å². The molecule has 0 aromatic rings. The van der Waals surface area contributed by atoms with Crippen molar-refractivity contribution in [3.8, 4) is 0 Å². The summed E-state index contributed by atoms with van der Waals surface area (Å²) in [6.07, 6.45) is 2.22. The van der Waals surface area contributed by atoms with Crippen LogP contribution in [0.5, 0.6) is 0 Å². The van der Waals surface area contributed by atoms with Gasteiger partial charge < -0.3 is 10.8 Å². The van der Waals surface area contributed by atoms with Gasteiger partial charge in [0.05, 0.1) is 6.42 Å². The van der Waals surface area contributed by atoms with E-state index in [9.17, 15) is 4.79 Å². The lowest BCUT2D eigenvalue weighted by Crippen LogP contribution is -2.31. The van der Waals surface area contributed by atoms with Crippen LogP contribution in [0.2, 0.25) is 0 Å². The Kier molecular flexibility index (Phi) is 5.71. The van der Waals surface area contributed by atoms with Crippen LogP contribution in [0.3, 0.4) is 0 Å². The third kappa shape index (κ3) is 6.58. The first-order valence-corrected chi connectivity index (χ1v) is 4.90. The van der Waals surface area contributed by atoms with Gasteiger partial charge in [-0.3, -0.25) is 4.79 Å². The Morgan fingerprint density at radius 3 is 2.23 bits per heavy atom. The van der Waals surface area contributed by atoms with Crippen molar-refractivity contribution in [2.75, 3.05) is 0 Å². The van der Waals surface area contributed by atoms with Crippen molar-refractivity contribution in [1.29, 1.82) is 0 Å². The lowest BCUT2D eigenvalue weighted by Gasteiger charge is -2.18. The van der Waals surface area contributed by atoms with Gasteiger partial charge in [-0.1, -0.05) is 27.2 Å². The molecule has 0 aromatic heterocycles. The Bertz CT molecular complexity index is 157. The van der Waals surface area contributed by atoms with E-state index in [-0.39, 0.29) is 12.5 Å². The molecule has 3 N–H and O–H groups in total. The molecule has 0 saturated carbocycles. The van der Waals surface area contributed by atoms with Gasteiger partial charge in [0.25, 0.3) is 0 Å². The molecule has 3 nitrogen and oxygen atoms in total. The van der Waals surface area contributed by atoms with Crippen LogP contribution in [-0.2, 0) is 4.79 Å². The predicted molar refractivity (Wildman–Crippen MR) is 53.5 cm³/mol. The van der Waals surface area contributed by atoms with Crippen LogP contribution in [0, 0.1) is 11.8 Å². The Hall–Kier alpha value is -0.570. The van der Waals surface area contributed by atoms with Gasteiger partial charge in [0.1, 0.15) is 0 Å². The summed E-state index contributed by atoms with van der Waals surface area (Å²) in [5, 5.41) is 8.53. The fourth-order valence-electron chi connectivity index (χ4n) is 1.21. The normalized spacial score (nSPS) is 15.8. The summed E-state index contributed by atoms with van der Waals surface area (Å²) in [7, 11) is 0. The molecule has 0 fully saturated rings. The minimum Gasteiger partial charge on any atom is -0.481 e. The summed E-state index contributed by atoms with van der Waals surface area (Å²) in [5.41, 5.74) is 5.72. The molecule has 0 aliphatic carbocycles. The fraction of sp³-hybridized carbons (Fsp3) is 0.900. The molecule has 0 saturated heterocycles. The van der Waals surface area contributed by atoms with E-state index in [0.717, 1.165) is 12.8 Å². The zero-order chi connectivity index (χ0) is 10.4. The predicted octanol–water partition coefficient (Wildman–Crippen LogP) is 1.86. The van der Waals surface area contributed by atoms with Crippen molar-refractivity contribution in [3.05, 3.63) is 0 Å². The van der Waals surface area contributed by atoms with E-state index >= 15 is 0 Å². The van der Waals surface area contributed by atoms with Crippen molar-refractivity contribution >= 4 is 5.97 Å². The van der Waals surface area contributed by atoms with Crippen molar-refractivity contribution in [2.45, 2.75) is 46.1 Å². The van der Waals surface area contributed by atoms with Crippen molar-refractivity contribution in [2.24, 2.45) is 17.6 Å². The van der Waals surface area contributed by atoms with Crippen LogP contribution in [-0.4, -0.2) is 17.1 Å². The number of carbonyl (C=O) groups is 1. The average molecular weight is 187 g/mol. The number of aliphatic carboxylic acids is 1. The van der Waals surface area contributed by atoms with Gasteiger partial charge >= 0.3 is 5.97 Å². The van der Waals surface area contributed by atoms with Crippen LogP contribution in [0.25, 0.3) is 0 Å². The number of carboxylic acids is 1. The van der Waals surface area contributed by atoms with Crippen LogP contribution in [0.15, 0.2) is 0 Å². The summed E-state index contributed by atoms with van der Waals surface area (Å²) >= 11 is 0. The van der Waals surface area contributed by atoms with E-state index < -0.39 is 5.97 Å². The van der Waals surface area contributed by atoms with Crippen molar-refractivity contribution in [1.82, 2.24) is 0 Å². The first-order valence-electron chi connectivity index (χ1n) is 4.90. The largest absolute Gasteiger partial charge is 0.481 e. The van der Waals surface area contributed by atoms with Gasteiger partial charge in [0.2, 0.25) is 0 Å². The molecule has 0 heterocycles. The maximum Gasteiger partial charge on any atom is 0.304 e. The third-order valence-electron chi connectivity index (χ3n) is 2.34. The molecule has 0 amide bonds. The summed E-state index contributed by atoms with van der Waals surface area (Å²) in [6, 6.07) is -0.198. The average Bonchev–Trinajstić information content (AvgIpc) is 1.98. The highest BCUT2D eigenvalue weighted by atomic mass is 16.4. The molecular weight excluding hydrogens is 166 g/mol. The number of rotatable bonds is 6.